The van der Waals surface area contributed by atoms with Crippen molar-refractivity contribution in [1.29, 1.82) is 0 Å². The summed E-state index contributed by atoms with van der Waals surface area (Å²) >= 11 is 0. The molecule has 1 fully saturated rings. The third-order valence-corrected chi connectivity index (χ3v) is 5.04. The van der Waals surface area contributed by atoms with Crippen molar-refractivity contribution < 1.29 is 15.0 Å². The fourth-order valence-corrected chi connectivity index (χ4v) is 4.17. The van der Waals surface area contributed by atoms with E-state index in [0.29, 0.717) is 5.92 Å². The number of carbonyl (C=O) groups excluding carboxylic acids is 1. The first kappa shape index (κ1) is 13.8. The average Bonchev–Trinajstić information content (AvgIpc) is 2.18. The molecule has 4 atom stereocenters. The van der Waals surface area contributed by atoms with E-state index in [0.717, 1.165) is 18.4 Å². The Bertz CT molecular complexity index is 391. The highest BCUT2D eigenvalue weighted by molar-refractivity contribution is 5.98. The van der Waals surface area contributed by atoms with Crippen LogP contribution >= 0.6 is 0 Å². The van der Waals surface area contributed by atoms with Gasteiger partial charge in [-0.05, 0) is 38.2 Å². The fourth-order valence-electron chi connectivity index (χ4n) is 4.17. The first-order chi connectivity index (χ1) is 8.19. The van der Waals surface area contributed by atoms with Crippen LogP contribution in [-0.4, -0.2) is 27.7 Å². The molecule has 18 heavy (non-hydrogen) atoms. The minimum Gasteiger partial charge on any atom is -0.392 e. The maximum Gasteiger partial charge on any atom is 0.161 e. The molecule has 102 valence electrons. The Morgan fingerprint density at radius 3 is 2.61 bits per heavy atom. The van der Waals surface area contributed by atoms with Crippen LogP contribution < -0.4 is 0 Å². The quantitative estimate of drug-likeness (QED) is 0.751. The van der Waals surface area contributed by atoms with E-state index in [1.165, 1.54) is 0 Å². The number of fused-ring (bicyclic) bond motifs is 1. The van der Waals surface area contributed by atoms with Gasteiger partial charge >= 0.3 is 0 Å². The molecule has 0 aromatic heterocycles. The number of Topliss-reactive ketones (excluding diaryl/α,β-unsaturated/α-hetero) is 1. The highest BCUT2D eigenvalue weighted by atomic mass is 16.3. The minimum atomic E-state index is -0.987. The number of aliphatic hydroxyl groups excluding tert-OH is 1. The molecular weight excluding hydrogens is 228 g/mol. The van der Waals surface area contributed by atoms with E-state index in [-0.39, 0.29) is 18.1 Å². The molecule has 0 aromatic carbocycles. The molecule has 2 N–H and O–H groups in total. The van der Waals surface area contributed by atoms with E-state index in [9.17, 15) is 15.0 Å². The maximum atomic E-state index is 12.2. The van der Waals surface area contributed by atoms with Crippen molar-refractivity contribution in [2.24, 2.45) is 17.3 Å². The summed E-state index contributed by atoms with van der Waals surface area (Å²) in [6.45, 7) is 7.63. The molecule has 1 saturated carbocycles. The lowest BCUT2D eigenvalue weighted by Gasteiger charge is -2.54. The van der Waals surface area contributed by atoms with Gasteiger partial charge < -0.3 is 10.2 Å². The van der Waals surface area contributed by atoms with Gasteiger partial charge in [0.15, 0.2) is 5.78 Å². The molecule has 2 aliphatic rings. The lowest BCUT2D eigenvalue weighted by molar-refractivity contribution is -0.146. The summed E-state index contributed by atoms with van der Waals surface area (Å²) in [6, 6.07) is 0. The summed E-state index contributed by atoms with van der Waals surface area (Å²) in [5.74, 6) is 0.0640. The van der Waals surface area contributed by atoms with Gasteiger partial charge in [-0.25, -0.2) is 0 Å². The van der Waals surface area contributed by atoms with Gasteiger partial charge in [0.25, 0.3) is 0 Å². The van der Waals surface area contributed by atoms with Crippen molar-refractivity contribution in [3.8, 4) is 0 Å². The van der Waals surface area contributed by atoms with Gasteiger partial charge in [-0.2, -0.15) is 0 Å². The minimum absolute atomic E-state index is 0.0528. The van der Waals surface area contributed by atoms with E-state index in [4.69, 9.17) is 0 Å². The summed E-state index contributed by atoms with van der Waals surface area (Å²) in [7, 11) is 0. The van der Waals surface area contributed by atoms with Crippen LogP contribution in [0.5, 0.6) is 0 Å². The normalized spacial score (nSPS) is 41.3. The van der Waals surface area contributed by atoms with E-state index in [2.05, 4.69) is 6.92 Å². The summed E-state index contributed by atoms with van der Waals surface area (Å²) < 4.78 is 0. The molecule has 2 aliphatic carbocycles. The average molecular weight is 252 g/mol. The standard InChI is InChI=1S/C15H24O3/c1-9-6-5-7-10-11(16)8-12(17)13(14(2,3)18)15(9,10)4/h7,9,12-13,17-18H,5-6,8H2,1-4H3. The number of hydrogen-bond acceptors (Lipinski definition) is 3. The van der Waals surface area contributed by atoms with Gasteiger partial charge in [0.05, 0.1) is 11.7 Å². The summed E-state index contributed by atoms with van der Waals surface area (Å²) in [5, 5.41) is 20.7. The smallest absolute Gasteiger partial charge is 0.161 e. The van der Waals surface area contributed by atoms with Crippen LogP contribution in [0.4, 0.5) is 0 Å². The summed E-state index contributed by atoms with van der Waals surface area (Å²) in [4.78, 5) is 12.2. The van der Waals surface area contributed by atoms with Gasteiger partial charge in [0.2, 0.25) is 0 Å². The molecule has 0 saturated heterocycles. The van der Waals surface area contributed by atoms with Crippen molar-refractivity contribution >= 4 is 5.78 Å². The fraction of sp³-hybridized carbons (Fsp3) is 0.800. The second kappa shape index (κ2) is 4.17. The number of rotatable bonds is 1. The second-order valence-electron chi connectivity index (χ2n) is 6.70. The molecule has 0 aliphatic heterocycles. The zero-order chi connectivity index (χ0) is 13.7. The molecule has 0 spiro atoms. The first-order valence-corrected chi connectivity index (χ1v) is 6.83. The molecule has 4 unspecified atom stereocenters. The van der Waals surface area contributed by atoms with Crippen LogP contribution in [0.1, 0.15) is 47.0 Å². The van der Waals surface area contributed by atoms with E-state index >= 15 is 0 Å². The zero-order valence-corrected chi connectivity index (χ0v) is 11.7. The van der Waals surface area contributed by atoms with Gasteiger partial charge in [-0.3, -0.25) is 4.79 Å². The number of aliphatic hydroxyl groups is 2. The van der Waals surface area contributed by atoms with Gasteiger partial charge in [-0.1, -0.05) is 19.9 Å². The SMILES string of the molecule is CC1CCC=C2C(=O)CC(O)C(C(C)(C)O)C21C. The van der Waals surface area contributed by atoms with Crippen molar-refractivity contribution in [3.63, 3.8) is 0 Å². The molecule has 2 rings (SSSR count). The van der Waals surface area contributed by atoms with Crippen LogP contribution in [0.2, 0.25) is 0 Å². The Morgan fingerprint density at radius 2 is 2.06 bits per heavy atom. The Kier molecular flexibility index (Phi) is 3.19. The highest BCUT2D eigenvalue weighted by Gasteiger charge is 2.56. The van der Waals surface area contributed by atoms with E-state index in [1.54, 1.807) is 13.8 Å². The number of hydrogen-bond donors (Lipinski definition) is 2. The number of ketones is 1. The van der Waals surface area contributed by atoms with Crippen molar-refractivity contribution in [2.75, 3.05) is 0 Å². The topological polar surface area (TPSA) is 57.5 Å². The third kappa shape index (κ3) is 1.84. The van der Waals surface area contributed by atoms with E-state index < -0.39 is 17.1 Å². The highest BCUT2D eigenvalue weighted by Crippen LogP contribution is 2.55. The Balaban J connectivity index is 2.55. The first-order valence-electron chi connectivity index (χ1n) is 6.83. The Labute approximate surface area is 109 Å². The van der Waals surface area contributed by atoms with Gasteiger partial charge in [0, 0.05) is 17.8 Å². The monoisotopic (exact) mass is 252 g/mol. The Morgan fingerprint density at radius 1 is 1.44 bits per heavy atom. The molecule has 0 heterocycles. The Hall–Kier alpha value is -0.670. The van der Waals surface area contributed by atoms with Gasteiger partial charge in [-0.15, -0.1) is 0 Å². The summed E-state index contributed by atoms with van der Waals surface area (Å²) in [5.41, 5.74) is -0.566. The van der Waals surface area contributed by atoms with Gasteiger partial charge in [0.1, 0.15) is 0 Å². The lowest BCUT2D eigenvalue weighted by Crippen LogP contribution is -2.58. The molecule has 3 heteroatoms. The predicted octanol–water partition coefficient (Wildman–Crippen LogP) is 2.07. The van der Waals surface area contributed by atoms with Crippen LogP contribution in [0.25, 0.3) is 0 Å². The maximum absolute atomic E-state index is 12.2. The van der Waals surface area contributed by atoms with Crippen molar-refractivity contribution in [1.82, 2.24) is 0 Å². The van der Waals surface area contributed by atoms with Crippen LogP contribution in [0, 0.1) is 17.3 Å². The molecular formula is C15H24O3. The van der Waals surface area contributed by atoms with Crippen molar-refractivity contribution in [3.05, 3.63) is 11.6 Å². The molecule has 3 nitrogen and oxygen atoms in total. The van der Waals surface area contributed by atoms with Crippen molar-refractivity contribution in [2.45, 2.75) is 58.7 Å². The van der Waals surface area contributed by atoms with Crippen LogP contribution in [0.15, 0.2) is 11.6 Å². The second-order valence-corrected chi connectivity index (χ2v) is 6.70. The molecule has 0 radical (unpaired) electrons. The number of carbonyl (C=O) groups is 1. The molecule has 0 amide bonds. The zero-order valence-electron chi connectivity index (χ0n) is 11.7. The summed E-state index contributed by atoms with van der Waals surface area (Å²) in [6.07, 6.45) is 3.34. The number of allylic oxidation sites excluding steroid dienone is 2. The van der Waals surface area contributed by atoms with Crippen LogP contribution in [-0.2, 0) is 4.79 Å². The molecule has 0 bridgehead atoms. The predicted molar refractivity (Wildman–Crippen MR) is 70.0 cm³/mol. The largest absolute Gasteiger partial charge is 0.392 e. The van der Waals surface area contributed by atoms with E-state index in [1.807, 2.05) is 13.0 Å². The third-order valence-electron chi connectivity index (χ3n) is 5.04. The molecule has 0 aromatic rings. The lowest BCUT2D eigenvalue weighted by atomic mass is 9.51. The van der Waals surface area contributed by atoms with Crippen LogP contribution in [0.3, 0.4) is 0 Å².